The van der Waals surface area contributed by atoms with Crippen LogP contribution < -0.4 is 0 Å². The third kappa shape index (κ3) is 1.20. The first kappa shape index (κ1) is 8.95. The first-order chi connectivity index (χ1) is 7.20. The maximum Gasteiger partial charge on any atom is 0.418 e. The Morgan fingerprint density at radius 1 is 1.27 bits per heavy atom. The average molecular weight is 208 g/mol. The zero-order valence-electron chi connectivity index (χ0n) is 8.27. The summed E-state index contributed by atoms with van der Waals surface area (Å²) in [5.74, 6) is -1.22. The van der Waals surface area contributed by atoms with Gasteiger partial charge in [-0.25, -0.2) is 9.59 Å². The number of carbonyl (C=O) groups is 2. The second-order valence-electron chi connectivity index (χ2n) is 4.52. The van der Waals surface area contributed by atoms with Gasteiger partial charge < -0.3 is 9.47 Å². The molecule has 4 heteroatoms. The van der Waals surface area contributed by atoms with Crippen LogP contribution in [0.4, 0.5) is 0 Å². The van der Waals surface area contributed by atoms with E-state index in [1.807, 2.05) is 6.08 Å². The van der Waals surface area contributed by atoms with Gasteiger partial charge in [0.2, 0.25) is 0 Å². The lowest BCUT2D eigenvalue weighted by molar-refractivity contribution is -0.216. The highest BCUT2D eigenvalue weighted by molar-refractivity contribution is 6.30. The monoisotopic (exact) mass is 208 g/mol. The molecule has 3 rings (SSSR count). The molecule has 4 nitrogen and oxygen atoms in total. The molecule has 0 amide bonds. The zero-order valence-corrected chi connectivity index (χ0v) is 8.27. The standard InChI is InChI=1S/C11H12O4/c12-9-10(13)15-11-5-1-2-7(6-11)3-4-8(11)14-9/h3-4,7-8H,1-2,5-6H2. The Bertz CT molecular complexity index is 360. The van der Waals surface area contributed by atoms with Crippen LogP contribution in [0.3, 0.4) is 0 Å². The Morgan fingerprint density at radius 3 is 3.00 bits per heavy atom. The Kier molecular flexibility index (Phi) is 1.69. The number of esters is 2. The fourth-order valence-electron chi connectivity index (χ4n) is 2.85. The summed E-state index contributed by atoms with van der Waals surface area (Å²) in [6.07, 6.45) is 7.35. The van der Waals surface area contributed by atoms with E-state index < -0.39 is 17.5 Å². The number of hydrogen-bond donors (Lipinski definition) is 0. The van der Waals surface area contributed by atoms with Crippen molar-refractivity contribution in [3.05, 3.63) is 12.2 Å². The molecule has 3 aliphatic rings. The molecule has 3 unspecified atom stereocenters. The van der Waals surface area contributed by atoms with Crippen molar-refractivity contribution in [2.24, 2.45) is 5.92 Å². The number of ether oxygens (including phenoxy) is 2. The molecular formula is C11H12O4. The molecule has 15 heavy (non-hydrogen) atoms. The molecule has 1 heterocycles. The molecule has 0 N–H and O–H groups in total. The summed E-state index contributed by atoms with van der Waals surface area (Å²) in [5, 5.41) is 0. The van der Waals surface area contributed by atoms with Crippen molar-refractivity contribution in [1.82, 2.24) is 0 Å². The highest BCUT2D eigenvalue weighted by Crippen LogP contribution is 2.44. The molecule has 1 spiro atoms. The van der Waals surface area contributed by atoms with Crippen molar-refractivity contribution >= 4 is 11.9 Å². The second kappa shape index (κ2) is 2.84. The SMILES string of the molecule is O=C1OC2C=CC3CCCC2(C3)OC1=O. The molecule has 2 bridgehead atoms. The first-order valence-electron chi connectivity index (χ1n) is 5.32. The van der Waals surface area contributed by atoms with Crippen molar-refractivity contribution in [3.8, 4) is 0 Å². The molecular weight excluding hydrogens is 196 g/mol. The summed E-state index contributed by atoms with van der Waals surface area (Å²) in [7, 11) is 0. The van der Waals surface area contributed by atoms with Crippen LogP contribution in [0.1, 0.15) is 25.7 Å². The summed E-state index contributed by atoms with van der Waals surface area (Å²) in [6, 6.07) is 0. The number of hydrogen-bond acceptors (Lipinski definition) is 4. The summed E-state index contributed by atoms with van der Waals surface area (Å²) in [6.45, 7) is 0. The minimum atomic E-state index is -0.862. The van der Waals surface area contributed by atoms with Crippen LogP contribution in [0.5, 0.6) is 0 Å². The number of allylic oxidation sites excluding steroid dienone is 1. The molecule has 0 aromatic carbocycles. The first-order valence-corrected chi connectivity index (χ1v) is 5.32. The van der Waals surface area contributed by atoms with E-state index >= 15 is 0 Å². The Labute approximate surface area is 87.2 Å². The molecule has 1 saturated carbocycles. The van der Waals surface area contributed by atoms with Crippen molar-refractivity contribution < 1.29 is 19.1 Å². The molecule has 80 valence electrons. The Morgan fingerprint density at radius 2 is 2.13 bits per heavy atom. The topological polar surface area (TPSA) is 52.6 Å². The van der Waals surface area contributed by atoms with Crippen molar-refractivity contribution in [2.75, 3.05) is 0 Å². The zero-order chi connectivity index (χ0) is 10.5. The quantitative estimate of drug-likeness (QED) is 0.338. The Hall–Kier alpha value is -1.32. The molecule has 0 radical (unpaired) electrons. The highest BCUT2D eigenvalue weighted by atomic mass is 16.7. The molecule has 1 aliphatic heterocycles. The summed E-state index contributed by atoms with van der Waals surface area (Å²) < 4.78 is 10.4. The third-order valence-electron chi connectivity index (χ3n) is 3.56. The number of carbonyl (C=O) groups excluding carboxylic acids is 2. The number of fused-ring (bicyclic) bond motifs is 1. The second-order valence-corrected chi connectivity index (χ2v) is 4.52. The van der Waals surface area contributed by atoms with E-state index in [9.17, 15) is 9.59 Å². The van der Waals surface area contributed by atoms with Gasteiger partial charge in [-0.3, -0.25) is 0 Å². The van der Waals surface area contributed by atoms with Gasteiger partial charge in [-0.05, 0) is 37.7 Å². The maximum atomic E-state index is 11.2. The molecule has 2 fully saturated rings. The average Bonchev–Trinajstić information content (AvgIpc) is 2.21. The van der Waals surface area contributed by atoms with Crippen LogP contribution in [-0.4, -0.2) is 23.6 Å². The van der Waals surface area contributed by atoms with Gasteiger partial charge in [0.15, 0.2) is 11.7 Å². The van der Waals surface area contributed by atoms with E-state index in [2.05, 4.69) is 6.08 Å². The lowest BCUT2D eigenvalue weighted by Gasteiger charge is -2.47. The highest BCUT2D eigenvalue weighted by Gasteiger charge is 2.53. The predicted molar refractivity (Wildman–Crippen MR) is 49.8 cm³/mol. The van der Waals surface area contributed by atoms with E-state index in [0.29, 0.717) is 5.92 Å². The fourth-order valence-corrected chi connectivity index (χ4v) is 2.85. The largest absolute Gasteiger partial charge is 0.446 e. The lowest BCUT2D eigenvalue weighted by Crippen LogP contribution is -2.57. The van der Waals surface area contributed by atoms with E-state index in [0.717, 1.165) is 25.7 Å². The summed E-state index contributed by atoms with van der Waals surface area (Å²) >= 11 is 0. The van der Waals surface area contributed by atoms with Crippen LogP contribution >= 0.6 is 0 Å². The van der Waals surface area contributed by atoms with Gasteiger partial charge in [0.05, 0.1) is 0 Å². The smallest absolute Gasteiger partial charge is 0.418 e. The molecule has 0 aromatic rings. The van der Waals surface area contributed by atoms with E-state index in [1.54, 1.807) is 0 Å². The van der Waals surface area contributed by atoms with Crippen molar-refractivity contribution in [2.45, 2.75) is 37.4 Å². The van der Waals surface area contributed by atoms with E-state index in [4.69, 9.17) is 9.47 Å². The number of rotatable bonds is 0. The van der Waals surface area contributed by atoms with Gasteiger partial charge in [0.25, 0.3) is 0 Å². The normalized spacial score (nSPS) is 42.9. The summed E-state index contributed by atoms with van der Waals surface area (Å²) in [4.78, 5) is 22.3. The maximum absolute atomic E-state index is 11.2. The summed E-state index contributed by atoms with van der Waals surface area (Å²) in [5.41, 5.74) is -0.553. The van der Waals surface area contributed by atoms with E-state index in [-0.39, 0.29) is 6.10 Å². The van der Waals surface area contributed by atoms with Gasteiger partial charge in [0.1, 0.15) is 0 Å². The van der Waals surface area contributed by atoms with Crippen LogP contribution in [0, 0.1) is 5.92 Å². The van der Waals surface area contributed by atoms with Crippen molar-refractivity contribution in [1.29, 1.82) is 0 Å². The van der Waals surface area contributed by atoms with Gasteiger partial charge in [-0.1, -0.05) is 6.08 Å². The molecule has 0 aromatic heterocycles. The van der Waals surface area contributed by atoms with E-state index in [1.165, 1.54) is 0 Å². The van der Waals surface area contributed by atoms with Gasteiger partial charge in [-0.2, -0.15) is 0 Å². The van der Waals surface area contributed by atoms with Crippen LogP contribution in [0.2, 0.25) is 0 Å². The minimum absolute atomic E-state index is 0.362. The molecule has 3 atom stereocenters. The van der Waals surface area contributed by atoms with Crippen LogP contribution in [0.25, 0.3) is 0 Å². The van der Waals surface area contributed by atoms with Gasteiger partial charge >= 0.3 is 11.9 Å². The van der Waals surface area contributed by atoms with Gasteiger partial charge in [0, 0.05) is 0 Å². The minimum Gasteiger partial charge on any atom is -0.446 e. The predicted octanol–water partition coefficient (Wildman–Crippen LogP) is 0.954. The van der Waals surface area contributed by atoms with Crippen LogP contribution in [0.15, 0.2) is 12.2 Å². The third-order valence-corrected chi connectivity index (χ3v) is 3.56. The fraction of sp³-hybridized carbons (Fsp3) is 0.636. The van der Waals surface area contributed by atoms with Crippen LogP contribution in [-0.2, 0) is 19.1 Å². The molecule has 1 saturated heterocycles. The van der Waals surface area contributed by atoms with Gasteiger partial charge in [-0.15, -0.1) is 0 Å². The lowest BCUT2D eigenvalue weighted by atomic mass is 9.71. The van der Waals surface area contributed by atoms with Crippen molar-refractivity contribution in [3.63, 3.8) is 0 Å². The Balaban J connectivity index is 1.97. The molecule has 2 aliphatic carbocycles.